The van der Waals surface area contributed by atoms with Gasteiger partial charge < -0.3 is 19.1 Å². The van der Waals surface area contributed by atoms with Crippen LogP contribution < -0.4 is 9.64 Å². The van der Waals surface area contributed by atoms with E-state index < -0.39 is 0 Å². The van der Waals surface area contributed by atoms with E-state index in [2.05, 4.69) is 43.5 Å². The van der Waals surface area contributed by atoms with Crippen LogP contribution in [0, 0.1) is 0 Å². The highest BCUT2D eigenvalue weighted by Crippen LogP contribution is 2.26. The molecule has 1 saturated heterocycles. The Kier molecular flexibility index (Phi) is 7.35. The van der Waals surface area contributed by atoms with Crippen LogP contribution in [0.25, 0.3) is 0 Å². The molecule has 1 fully saturated rings. The quantitative estimate of drug-likeness (QED) is 0.346. The molecule has 1 aromatic carbocycles. The van der Waals surface area contributed by atoms with Crippen LogP contribution in [0.5, 0.6) is 5.75 Å². The highest BCUT2D eigenvalue weighted by atomic mass is 16.6. The molecular weight excluding hydrogens is 302 g/mol. The van der Waals surface area contributed by atoms with Gasteiger partial charge in [0.25, 0.3) is 0 Å². The Morgan fingerprint density at radius 1 is 1.42 bits per heavy atom. The maximum absolute atomic E-state index is 5.74. The smallest absolute Gasteiger partial charge is 0.119 e. The summed E-state index contributed by atoms with van der Waals surface area (Å²) in [7, 11) is 0. The molecular formula is C20H29NO3. The number of epoxide rings is 1. The molecule has 0 amide bonds. The lowest BCUT2D eigenvalue weighted by molar-refractivity contribution is 0.124. The maximum Gasteiger partial charge on any atom is 0.119 e. The molecule has 1 heterocycles. The zero-order valence-corrected chi connectivity index (χ0v) is 15.0. The van der Waals surface area contributed by atoms with Gasteiger partial charge in [-0.05, 0) is 50.6 Å². The molecule has 2 rings (SSSR count). The lowest BCUT2D eigenvalue weighted by Crippen LogP contribution is -2.35. The first-order valence-corrected chi connectivity index (χ1v) is 8.69. The van der Waals surface area contributed by atoms with Gasteiger partial charge in [-0.2, -0.15) is 0 Å². The molecule has 1 aliphatic heterocycles. The summed E-state index contributed by atoms with van der Waals surface area (Å²) in [5.74, 6) is 0.865. The molecule has 2 atom stereocenters. The highest BCUT2D eigenvalue weighted by Gasteiger charge is 2.23. The zero-order valence-electron chi connectivity index (χ0n) is 15.0. The van der Waals surface area contributed by atoms with Crippen LogP contribution in [0.15, 0.2) is 48.7 Å². The van der Waals surface area contributed by atoms with E-state index in [0.717, 1.165) is 36.8 Å². The molecule has 0 N–H and O–H groups in total. The predicted octanol–water partition coefficient (Wildman–Crippen LogP) is 4.18. The molecule has 2 unspecified atom stereocenters. The average Bonchev–Trinajstić information content (AvgIpc) is 3.43. The van der Waals surface area contributed by atoms with Crippen molar-refractivity contribution in [3.63, 3.8) is 0 Å². The van der Waals surface area contributed by atoms with Gasteiger partial charge in [-0.3, -0.25) is 0 Å². The standard InChI is InChI=1S/C20H29NO3/c1-5-12-22-13-16(4)21(17(6-2)7-3)18-8-10-19(11-9-18)23-14-20-15-24-20/h6-11,16,20H,2,5,12-15H2,1,3-4H3/b17-7+. The average molecular weight is 331 g/mol. The summed E-state index contributed by atoms with van der Waals surface area (Å²) in [6.07, 6.45) is 5.25. The van der Waals surface area contributed by atoms with E-state index in [4.69, 9.17) is 14.2 Å². The minimum atomic E-state index is 0.215. The number of hydrogen-bond acceptors (Lipinski definition) is 4. The van der Waals surface area contributed by atoms with E-state index in [1.54, 1.807) is 0 Å². The van der Waals surface area contributed by atoms with E-state index in [1.807, 2.05) is 25.1 Å². The van der Waals surface area contributed by atoms with Crippen molar-refractivity contribution in [2.24, 2.45) is 0 Å². The van der Waals surface area contributed by atoms with Crippen LogP contribution in [0.1, 0.15) is 27.2 Å². The molecule has 0 spiro atoms. The monoisotopic (exact) mass is 331 g/mol. The van der Waals surface area contributed by atoms with Crippen LogP contribution in [-0.2, 0) is 9.47 Å². The number of rotatable bonds is 11. The normalized spacial score (nSPS) is 18.1. The van der Waals surface area contributed by atoms with Crippen LogP contribution in [0.2, 0.25) is 0 Å². The molecule has 0 aromatic heterocycles. The van der Waals surface area contributed by atoms with Crippen molar-refractivity contribution in [1.82, 2.24) is 0 Å². The summed E-state index contributed by atoms with van der Waals surface area (Å²) >= 11 is 0. The van der Waals surface area contributed by atoms with Crippen molar-refractivity contribution >= 4 is 5.69 Å². The molecule has 0 bridgehead atoms. The number of hydrogen-bond donors (Lipinski definition) is 0. The Hall–Kier alpha value is -1.78. The van der Waals surface area contributed by atoms with Crippen LogP contribution in [-0.4, -0.2) is 38.6 Å². The van der Waals surface area contributed by atoms with Crippen LogP contribution in [0.3, 0.4) is 0 Å². The molecule has 1 aromatic rings. The molecule has 4 heteroatoms. The van der Waals surface area contributed by atoms with Crippen molar-refractivity contribution in [2.75, 3.05) is 31.3 Å². The fourth-order valence-corrected chi connectivity index (χ4v) is 2.54. The number of nitrogens with zero attached hydrogens (tertiary/aromatic N) is 1. The van der Waals surface area contributed by atoms with Gasteiger partial charge in [0.05, 0.1) is 19.3 Å². The Balaban J connectivity index is 2.07. The Morgan fingerprint density at radius 2 is 2.12 bits per heavy atom. The third-order valence-corrected chi connectivity index (χ3v) is 3.88. The van der Waals surface area contributed by atoms with E-state index in [0.29, 0.717) is 13.2 Å². The molecule has 0 radical (unpaired) electrons. The van der Waals surface area contributed by atoms with Crippen molar-refractivity contribution in [3.8, 4) is 5.75 Å². The summed E-state index contributed by atoms with van der Waals surface area (Å²) in [6, 6.07) is 8.37. The Labute approximate surface area is 145 Å². The maximum atomic E-state index is 5.74. The minimum Gasteiger partial charge on any atom is -0.491 e. The summed E-state index contributed by atoms with van der Waals surface area (Å²) < 4.78 is 16.6. The van der Waals surface area contributed by atoms with Gasteiger partial charge >= 0.3 is 0 Å². The fourth-order valence-electron chi connectivity index (χ4n) is 2.54. The Morgan fingerprint density at radius 3 is 2.67 bits per heavy atom. The third-order valence-electron chi connectivity index (χ3n) is 3.88. The van der Waals surface area contributed by atoms with Gasteiger partial charge in [0, 0.05) is 18.0 Å². The number of allylic oxidation sites excluding steroid dienone is 2. The van der Waals surface area contributed by atoms with Crippen LogP contribution in [0.4, 0.5) is 5.69 Å². The second-order valence-corrected chi connectivity index (χ2v) is 5.97. The molecule has 0 saturated carbocycles. The van der Waals surface area contributed by atoms with Gasteiger partial charge in [-0.25, -0.2) is 0 Å². The van der Waals surface area contributed by atoms with E-state index >= 15 is 0 Å². The first-order valence-electron chi connectivity index (χ1n) is 8.69. The molecule has 132 valence electrons. The molecule has 24 heavy (non-hydrogen) atoms. The second-order valence-electron chi connectivity index (χ2n) is 5.97. The lowest BCUT2D eigenvalue weighted by atomic mass is 10.2. The van der Waals surface area contributed by atoms with Crippen molar-refractivity contribution in [3.05, 3.63) is 48.7 Å². The van der Waals surface area contributed by atoms with Gasteiger partial charge in [0.1, 0.15) is 18.5 Å². The molecule has 0 aliphatic carbocycles. The highest BCUT2D eigenvalue weighted by molar-refractivity contribution is 5.56. The summed E-state index contributed by atoms with van der Waals surface area (Å²) in [5, 5.41) is 0. The summed E-state index contributed by atoms with van der Waals surface area (Å²) in [6.45, 7) is 13.1. The van der Waals surface area contributed by atoms with Crippen molar-refractivity contribution in [1.29, 1.82) is 0 Å². The summed E-state index contributed by atoms with van der Waals surface area (Å²) in [5.41, 5.74) is 2.17. The fraction of sp³-hybridized carbons (Fsp3) is 0.500. The van der Waals surface area contributed by atoms with E-state index in [1.165, 1.54) is 0 Å². The van der Waals surface area contributed by atoms with Crippen molar-refractivity contribution in [2.45, 2.75) is 39.3 Å². The molecule has 1 aliphatic rings. The van der Waals surface area contributed by atoms with Gasteiger partial charge in [0.15, 0.2) is 0 Å². The van der Waals surface area contributed by atoms with E-state index in [-0.39, 0.29) is 12.1 Å². The number of anilines is 1. The van der Waals surface area contributed by atoms with Gasteiger partial charge in [0.2, 0.25) is 0 Å². The largest absolute Gasteiger partial charge is 0.491 e. The third kappa shape index (κ3) is 5.39. The lowest BCUT2D eigenvalue weighted by Gasteiger charge is -2.32. The van der Waals surface area contributed by atoms with E-state index in [9.17, 15) is 0 Å². The Bertz CT molecular complexity index is 534. The second kappa shape index (κ2) is 9.50. The topological polar surface area (TPSA) is 34.2 Å². The minimum absolute atomic E-state index is 0.215. The first kappa shape index (κ1) is 18.6. The zero-order chi connectivity index (χ0) is 17.4. The number of benzene rings is 1. The van der Waals surface area contributed by atoms with Gasteiger partial charge in [-0.15, -0.1) is 0 Å². The van der Waals surface area contributed by atoms with Gasteiger partial charge in [-0.1, -0.05) is 19.6 Å². The van der Waals surface area contributed by atoms with Crippen LogP contribution >= 0.6 is 0 Å². The summed E-state index contributed by atoms with van der Waals surface area (Å²) in [4.78, 5) is 2.25. The predicted molar refractivity (Wildman–Crippen MR) is 98.7 cm³/mol. The first-order chi connectivity index (χ1) is 11.7. The number of ether oxygens (including phenoxy) is 3. The SMILES string of the molecule is C=C/C(=C\C)N(c1ccc(OCC2CO2)cc1)C(C)COCCC. The van der Waals surface area contributed by atoms with Crippen molar-refractivity contribution < 1.29 is 14.2 Å². The molecule has 4 nitrogen and oxygen atoms in total.